The third-order valence-electron chi connectivity index (χ3n) is 1.74. The van der Waals surface area contributed by atoms with Gasteiger partial charge in [-0.1, -0.05) is 11.6 Å². The van der Waals surface area contributed by atoms with Crippen molar-refractivity contribution < 1.29 is 32.0 Å². The summed E-state index contributed by atoms with van der Waals surface area (Å²) in [7, 11) is 0. The van der Waals surface area contributed by atoms with Crippen LogP contribution in [0.25, 0.3) is 11.1 Å². The summed E-state index contributed by atoms with van der Waals surface area (Å²) in [6.07, 6.45) is 0. The van der Waals surface area contributed by atoms with Crippen LogP contribution in [0.5, 0.6) is 0 Å². The number of aromatic nitrogens is 1. The fraction of sp³-hybridized carbons (Fsp3) is 0.125. The maximum Gasteiger partial charge on any atom is 1.00 e. The number of nitrogens with zero attached hydrogens (tertiary/aromatic N) is 1. The van der Waals surface area contributed by atoms with E-state index in [1.165, 1.54) is 6.07 Å². The van der Waals surface area contributed by atoms with Crippen molar-refractivity contribution >= 4 is 33.8 Å². The Labute approximate surface area is 105 Å². The van der Waals surface area contributed by atoms with Gasteiger partial charge in [-0.25, -0.2) is 4.98 Å². The van der Waals surface area contributed by atoms with Gasteiger partial charge in [0.2, 0.25) is 0 Å². The maximum absolute atomic E-state index is 10.9. The molecule has 1 aromatic heterocycles. The number of halogens is 1. The first kappa shape index (κ1) is 12.8. The number of oxazole rings is 1. The molecule has 0 aliphatic carbocycles. The van der Waals surface area contributed by atoms with Gasteiger partial charge >= 0.3 is 18.9 Å². The summed E-state index contributed by atoms with van der Waals surface area (Å²) in [5, 5.41) is 0.141. The van der Waals surface area contributed by atoms with Crippen LogP contribution in [0.4, 0.5) is 0 Å². The van der Waals surface area contributed by atoms with Crippen molar-refractivity contribution in [1.29, 1.82) is 0 Å². The van der Waals surface area contributed by atoms with E-state index < -0.39 is 11.1 Å². The average Bonchev–Trinajstić information content (AvgIpc) is 2.43. The van der Waals surface area contributed by atoms with Crippen molar-refractivity contribution in [2.45, 2.75) is 11.8 Å². The number of rotatable bonds is 1. The topological polar surface area (TPSA) is 66.2 Å². The van der Waals surface area contributed by atoms with E-state index in [9.17, 15) is 8.76 Å². The molecule has 4 nitrogen and oxygen atoms in total. The quantitative estimate of drug-likeness (QED) is 0.473. The van der Waals surface area contributed by atoms with Crippen LogP contribution in [0.2, 0.25) is 5.02 Å². The zero-order chi connectivity index (χ0) is 10.3. The molecule has 0 saturated heterocycles. The van der Waals surface area contributed by atoms with E-state index in [1.807, 2.05) is 0 Å². The fourth-order valence-electron chi connectivity index (χ4n) is 1.21. The second-order valence-corrected chi connectivity index (χ2v) is 3.98. The molecule has 0 spiro atoms. The van der Waals surface area contributed by atoms with E-state index in [2.05, 4.69) is 4.98 Å². The van der Waals surface area contributed by atoms with E-state index in [0.29, 0.717) is 11.4 Å². The van der Waals surface area contributed by atoms with Crippen molar-refractivity contribution in [3.8, 4) is 0 Å². The molecule has 1 unspecified atom stereocenters. The van der Waals surface area contributed by atoms with Crippen LogP contribution in [-0.4, -0.2) is 13.7 Å². The Balaban J connectivity index is 0.00000112. The molecule has 2 aromatic rings. The standard InChI is InChI=1S/C8H6ClNO3S.Li/c1-4-10-6-3-2-5(9)8(14(11)12)7(6)13-4;/h2-3H,1H3,(H,11,12);/q;+1/p-1. The van der Waals surface area contributed by atoms with Crippen LogP contribution in [0.3, 0.4) is 0 Å². The summed E-state index contributed by atoms with van der Waals surface area (Å²) in [4.78, 5) is 3.96. The van der Waals surface area contributed by atoms with E-state index in [4.69, 9.17) is 16.0 Å². The predicted octanol–water partition coefficient (Wildman–Crippen LogP) is -0.968. The van der Waals surface area contributed by atoms with Gasteiger partial charge < -0.3 is 8.97 Å². The van der Waals surface area contributed by atoms with Crippen LogP contribution in [0.15, 0.2) is 21.4 Å². The number of aryl methyl sites for hydroxylation is 1. The van der Waals surface area contributed by atoms with Crippen molar-refractivity contribution in [2.24, 2.45) is 0 Å². The van der Waals surface area contributed by atoms with Gasteiger partial charge in [-0.05, 0) is 23.2 Å². The van der Waals surface area contributed by atoms with Gasteiger partial charge in [0, 0.05) is 6.92 Å². The van der Waals surface area contributed by atoms with E-state index >= 15 is 0 Å². The molecular formula is C8H5ClLiNO3S. The van der Waals surface area contributed by atoms with Crippen molar-refractivity contribution in [2.75, 3.05) is 0 Å². The summed E-state index contributed by atoms with van der Waals surface area (Å²) in [6, 6.07) is 3.10. The molecule has 1 aromatic carbocycles. The Morgan fingerprint density at radius 1 is 1.53 bits per heavy atom. The van der Waals surface area contributed by atoms with Crippen LogP contribution in [0.1, 0.15) is 5.89 Å². The van der Waals surface area contributed by atoms with Crippen LogP contribution < -0.4 is 18.9 Å². The maximum atomic E-state index is 10.9. The largest absolute Gasteiger partial charge is 1.00 e. The van der Waals surface area contributed by atoms with Crippen molar-refractivity contribution in [3.63, 3.8) is 0 Å². The first-order chi connectivity index (χ1) is 6.59. The Morgan fingerprint density at radius 2 is 2.20 bits per heavy atom. The van der Waals surface area contributed by atoms with Gasteiger partial charge in [0.15, 0.2) is 11.5 Å². The Morgan fingerprint density at radius 3 is 2.80 bits per heavy atom. The first-order valence-corrected chi connectivity index (χ1v) is 5.20. The molecule has 0 saturated carbocycles. The zero-order valence-electron chi connectivity index (χ0n) is 8.11. The smallest absolute Gasteiger partial charge is 0.768 e. The monoisotopic (exact) mass is 237 g/mol. The molecule has 15 heavy (non-hydrogen) atoms. The number of fused-ring (bicyclic) bond motifs is 1. The fourth-order valence-corrected chi connectivity index (χ4v) is 2.07. The minimum atomic E-state index is -2.42. The Hall–Kier alpha value is -0.313. The molecule has 0 amide bonds. The molecule has 1 heterocycles. The minimum Gasteiger partial charge on any atom is -0.768 e. The van der Waals surface area contributed by atoms with Gasteiger partial charge in [0.05, 0.1) is 9.92 Å². The van der Waals surface area contributed by atoms with E-state index in [0.717, 1.165) is 0 Å². The van der Waals surface area contributed by atoms with Crippen LogP contribution >= 0.6 is 11.6 Å². The molecule has 74 valence electrons. The predicted molar refractivity (Wildman–Crippen MR) is 50.9 cm³/mol. The van der Waals surface area contributed by atoms with E-state index in [1.54, 1.807) is 13.0 Å². The average molecular weight is 238 g/mol. The van der Waals surface area contributed by atoms with Gasteiger partial charge in [0.25, 0.3) is 0 Å². The normalized spacial score (nSPS) is 12.5. The first-order valence-electron chi connectivity index (χ1n) is 3.74. The Bertz CT molecular complexity index is 528. The zero-order valence-corrected chi connectivity index (χ0v) is 9.69. The SMILES string of the molecule is Cc1nc2ccc(Cl)c(S(=O)[O-])c2o1.[Li+]. The van der Waals surface area contributed by atoms with Gasteiger partial charge in [-0.2, -0.15) is 0 Å². The number of hydrogen-bond donors (Lipinski definition) is 0. The number of benzene rings is 1. The van der Waals surface area contributed by atoms with Gasteiger partial charge in [0.1, 0.15) is 5.52 Å². The van der Waals surface area contributed by atoms with Gasteiger partial charge in [-0.15, -0.1) is 0 Å². The van der Waals surface area contributed by atoms with Crippen LogP contribution in [0, 0.1) is 6.92 Å². The van der Waals surface area contributed by atoms with Crippen LogP contribution in [-0.2, 0) is 11.1 Å². The molecule has 2 rings (SSSR count). The summed E-state index contributed by atoms with van der Waals surface area (Å²) in [5.74, 6) is 0.411. The van der Waals surface area contributed by atoms with Gasteiger partial charge in [-0.3, -0.25) is 4.21 Å². The molecule has 1 atom stereocenters. The molecular weight excluding hydrogens is 233 g/mol. The third kappa shape index (κ3) is 2.27. The molecule has 0 aliphatic rings. The second-order valence-electron chi connectivity index (χ2n) is 2.69. The van der Waals surface area contributed by atoms with Crippen molar-refractivity contribution in [3.05, 3.63) is 23.0 Å². The Kier molecular flexibility index (Phi) is 3.98. The summed E-state index contributed by atoms with van der Waals surface area (Å²) in [6.45, 7) is 1.64. The molecule has 7 heteroatoms. The minimum absolute atomic E-state index is 0. The molecule has 0 N–H and O–H groups in total. The number of hydrogen-bond acceptors (Lipinski definition) is 4. The molecule has 0 radical (unpaired) electrons. The molecule has 0 aliphatic heterocycles. The summed E-state index contributed by atoms with van der Waals surface area (Å²) >= 11 is 3.31. The van der Waals surface area contributed by atoms with Crippen molar-refractivity contribution in [1.82, 2.24) is 4.98 Å². The second kappa shape index (κ2) is 4.68. The summed E-state index contributed by atoms with van der Waals surface area (Å²) in [5.41, 5.74) is 0.703. The molecule has 0 bridgehead atoms. The third-order valence-corrected chi connectivity index (χ3v) is 2.90. The molecule has 0 fully saturated rings. The summed E-state index contributed by atoms with van der Waals surface area (Å²) < 4.78 is 26.9. The van der Waals surface area contributed by atoms with E-state index in [-0.39, 0.29) is 34.4 Å².